The number of methoxy groups -OCH3 is 3. The number of carbonyl (C=O) groups excluding carboxylic acids is 1. The minimum atomic E-state index is -0.255. The third-order valence-electron chi connectivity index (χ3n) is 5.44. The van der Waals surface area contributed by atoms with Gasteiger partial charge in [-0.25, -0.2) is 4.39 Å². The second-order valence-corrected chi connectivity index (χ2v) is 7.49. The van der Waals surface area contributed by atoms with Crippen LogP contribution in [0.1, 0.15) is 29.7 Å². The van der Waals surface area contributed by atoms with Crippen molar-refractivity contribution in [2.24, 2.45) is 0 Å². The van der Waals surface area contributed by atoms with Crippen molar-refractivity contribution < 1.29 is 23.4 Å². The third-order valence-corrected chi connectivity index (χ3v) is 5.44. The van der Waals surface area contributed by atoms with Gasteiger partial charge < -0.3 is 19.5 Å². The quantitative estimate of drug-likeness (QED) is 0.717. The lowest BCUT2D eigenvalue weighted by atomic mass is 9.87. The third kappa shape index (κ3) is 4.91. The van der Waals surface area contributed by atoms with Crippen molar-refractivity contribution in [3.63, 3.8) is 0 Å². The summed E-state index contributed by atoms with van der Waals surface area (Å²) in [5, 5.41) is 3.03. The molecule has 2 aromatic rings. The summed E-state index contributed by atoms with van der Waals surface area (Å²) in [5.74, 6) is 0.895. The van der Waals surface area contributed by atoms with E-state index in [1.165, 1.54) is 13.2 Å². The maximum absolute atomic E-state index is 13.7. The summed E-state index contributed by atoms with van der Waals surface area (Å²) in [7, 11) is 4.72. The fourth-order valence-corrected chi connectivity index (χ4v) is 4.17. The van der Waals surface area contributed by atoms with Gasteiger partial charge in [0.2, 0.25) is 5.91 Å². The van der Waals surface area contributed by atoms with Gasteiger partial charge in [-0.2, -0.15) is 0 Å². The van der Waals surface area contributed by atoms with Crippen molar-refractivity contribution in [1.29, 1.82) is 0 Å². The normalized spacial score (nSPS) is 17.2. The number of hydrogen-bond donors (Lipinski definition) is 1. The number of fused-ring (bicyclic) bond motifs is 1. The predicted molar refractivity (Wildman–Crippen MR) is 112 cm³/mol. The lowest BCUT2D eigenvalue weighted by molar-refractivity contribution is -0.125. The number of halogens is 1. The standard InChI is InChI=1S/C23H29FN2O4/c1-15(25-22(27)14-28-2)23-19-12-21(30-4)20(29-3)11-17(19)8-9-26(23)13-16-6-5-7-18(24)10-16/h5-7,10-12,15,23H,8-9,13-14H2,1-4H3,(H,25,27)/t15-,23-/m1/s1. The van der Waals surface area contributed by atoms with Crippen LogP contribution in [0, 0.1) is 5.82 Å². The van der Waals surface area contributed by atoms with E-state index in [1.54, 1.807) is 26.4 Å². The van der Waals surface area contributed by atoms with Crippen molar-refractivity contribution in [2.45, 2.75) is 32.0 Å². The molecular weight excluding hydrogens is 387 g/mol. The highest BCUT2D eigenvalue weighted by atomic mass is 19.1. The Morgan fingerprint density at radius 2 is 1.93 bits per heavy atom. The lowest BCUT2D eigenvalue weighted by Crippen LogP contribution is -2.48. The van der Waals surface area contributed by atoms with Gasteiger partial charge in [-0.15, -0.1) is 0 Å². The molecule has 0 spiro atoms. The number of nitrogens with zero attached hydrogens (tertiary/aromatic N) is 1. The number of rotatable bonds is 8. The zero-order valence-electron chi connectivity index (χ0n) is 17.9. The second kappa shape index (κ2) is 9.91. The lowest BCUT2D eigenvalue weighted by Gasteiger charge is -2.41. The van der Waals surface area contributed by atoms with Gasteiger partial charge in [0, 0.05) is 26.2 Å². The highest BCUT2D eigenvalue weighted by Crippen LogP contribution is 2.40. The molecular formula is C23H29FN2O4. The van der Waals surface area contributed by atoms with Gasteiger partial charge in [-0.3, -0.25) is 9.69 Å². The van der Waals surface area contributed by atoms with Gasteiger partial charge in [0.25, 0.3) is 0 Å². The Morgan fingerprint density at radius 1 is 1.20 bits per heavy atom. The van der Waals surface area contributed by atoms with Crippen LogP contribution in [0.3, 0.4) is 0 Å². The van der Waals surface area contributed by atoms with Crippen molar-refractivity contribution in [3.8, 4) is 11.5 Å². The van der Waals surface area contributed by atoms with E-state index in [4.69, 9.17) is 14.2 Å². The van der Waals surface area contributed by atoms with Crippen LogP contribution in [-0.4, -0.2) is 51.3 Å². The predicted octanol–water partition coefficient (Wildman–Crippen LogP) is 3.09. The number of nitrogens with one attached hydrogen (secondary N) is 1. The topological polar surface area (TPSA) is 60.0 Å². The van der Waals surface area contributed by atoms with Gasteiger partial charge in [0.15, 0.2) is 11.5 Å². The molecule has 162 valence electrons. The number of hydrogen-bond acceptors (Lipinski definition) is 5. The largest absolute Gasteiger partial charge is 0.493 e. The van der Waals surface area contributed by atoms with Crippen molar-refractivity contribution >= 4 is 5.91 Å². The molecule has 1 heterocycles. The molecule has 0 aromatic heterocycles. The Hall–Kier alpha value is -2.64. The Labute approximate surface area is 176 Å². The highest BCUT2D eigenvalue weighted by molar-refractivity contribution is 5.77. The fourth-order valence-electron chi connectivity index (χ4n) is 4.17. The van der Waals surface area contributed by atoms with Crippen molar-refractivity contribution in [1.82, 2.24) is 10.2 Å². The van der Waals surface area contributed by atoms with Crippen LogP contribution in [0.5, 0.6) is 11.5 Å². The van der Waals surface area contributed by atoms with Gasteiger partial charge in [-0.1, -0.05) is 12.1 Å². The van der Waals surface area contributed by atoms with E-state index in [0.717, 1.165) is 29.7 Å². The van der Waals surface area contributed by atoms with E-state index in [0.29, 0.717) is 18.0 Å². The average molecular weight is 416 g/mol. The average Bonchev–Trinajstić information content (AvgIpc) is 2.72. The molecule has 0 radical (unpaired) electrons. The van der Waals surface area contributed by atoms with Crippen LogP contribution < -0.4 is 14.8 Å². The van der Waals surface area contributed by atoms with E-state index in [-0.39, 0.29) is 30.4 Å². The molecule has 1 N–H and O–H groups in total. The number of benzene rings is 2. The molecule has 2 aromatic carbocycles. The molecule has 0 bridgehead atoms. The van der Waals surface area contributed by atoms with Crippen LogP contribution in [0.2, 0.25) is 0 Å². The number of carbonyl (C=O) groups is 1. The minimum Gasteiger partial charge on any atom is -0.493 e. The Morgan fingerprint density at radius 3 is 2.60 bits per heavy atom. The van der Waals surface area contributed by atoms with E-state index >= 15 is 0 Å². The van der Waals surface area contributed by atoms with E-state index < -0.39 is 0 Å². The van der Waals surface area contributed by atoms with Crippen molar-refractivity contribution in [2.75, 3.05) is 34.5 Å². The molecule has 2 atom stereocenters. The fraction of sp³-hybridized carbons (Fsp3) is 0.435. The molecule has 3 rings (SSSR count). The summed E-state index contributed by atoms with van der Waals surface area (Å²) >= 11 is 0. The van der Waals surface area contributed by atoms with E-state index in [2.05, 4.69) is 10.2 Å². The monoisotopic (exact) mass is 416 g/mol. The van der Waals surface area contributed by atoms with Gasteiger partial charge in [-0.05, 0) is 54.3 Å². The first-order valence-corrected chi connectivity index (χ1v) is 9.98. The van der Waals surface area contributed by atoms with Crippen LogP contribution in [0.15, 0.2) is 36.4 Å². The van der Waals surface area contributed by atoms with E-state index in [1.807, 2.05) is 25.1 Å². The first-order valence-electron chi connectivity index (χ1n) is 9.98. The minimum absolute atomic E-state index is 0.000251. The van der Waals surface area contributed by atoms with E-state index in [9.17, 15) is 9.18 Å². The highest BCUT2D eigenvalue weighted by Gasteiger charge is 2.33. The van der Waals surface area contributed by atoms with Gasteiger partial charge in [0.1, 0.15) is 12.4 Å². The first kappa shape index (κ1) is 22.1. The zero-order valence-corrected chi connectivity index (χ0v) is 17.9. The summed E-state index contributed by atoms with van der Waals surface area (Å²) in [6, 6.07) is 10.3. The summed E-state index contributed by atoms with van der Waals surface area (Å²) < 4.78 is 29.7. The molecule has 0 saturated carbocycles. The Kier molecular flexibility index (Phi) is 7.29. The van der Waals surface area contributed by atoms with Gasteiger partial charge >= 0.3 is 0 Å². The zero-order chi connectivity index (χ0) is 21.7. The maximum Gasteiger partial charge on any atom is 0.246 e. The molecule has 30 heavy (non-hydrogen) atoms. The van der Waals surface area contributed by atoms with Gasteiger partial charge in [0.05, 0.1) is 20.3 Å². The SMILES string of the molecule is COCC(=O)N[C@H](C)[C@@H]1c2cc(OC)c(OC)cc2CCN1Cc1cccc(F)c1. The van der Waals surface area contributed by atoms with Crippen LogP contribution in [-0.2, 0) is 22.5 Å². The molecule has 0 aliphatic carbocycles. The summed E-state index contributed by atoms with van der Waals surface area (Å²) in [5.41, 5.74) is 3.11. The van der Waals surface area contributed by atoms with Crippen molar-refractivity contribution in [3.05, 3.63) is 58.9 Å². The maximum atomic E-state index is 13.7. The first-order chi connectivity index (χ1) is 14.5. The molecule has 7 heteroatoms. The summed E-state index contributed by atoms with van der Waals surface area (Å²) in [4.78, 5) is 14.5. The molecule has 1 amide bonds. The molecule has 0 fully saturated rings. The summed E-state index contributed by atoms with van der Waals surface area (Å²) in [6.07, 6.45) is 0.820. The molecule has 1 aliphatic rings. The molecule has 6 nitrogen and oxygen atoms in total. The summed E-state index contributed by atoms with van der Waals surface area (Å²) in [6.45, 7) is 3.32. The van der Waals surface area contributed by atoms with Crippen LogP contribution in [0.4, 0.5) is 4.39 Å². The molecule has 1 aliphatic heterocycles. The molecule has 0 saturated heterocycles. The Bertz CT molecular complexity index is 890. The second-order valence-electron chi connectivity index (χ2n) is 7.49. The van der Waals surface area contributed by atoms with Crippen LogP contribution in [0.25, 0.3) is 0 Å². The number of ether oxygens (including phenoxy) is 3. The number of amides is 1. The Balaban J connectivity index is 1.97. The molecule has 0 unspecified atom stereocenters. The van der Waals surface area contributed by atoms with Crippen LogP contribution >= 0.6 is 0 Å². The smallest absolute Gasteiger partial charge is 0.246 e.